The minimum absolute atomic E-state index is 0.261. The van der Waals surface area contributed by atoms with E-state index in [0.29, 0.717) is 6.42 Å². The predicted molar refractivity (Wildman–Crippen MR) is 230 cm³/mol. The number of rotatable bonds is 32. The highest BCUT2D eigenvalue weighted by molar-refractivity contribution is 5.76. The molecule has 346 valence electrons. The van der Waals surface area contributed by atoms with Crippen LogP contribution in [0.15, 0.2) is 60.8 Å². The molecule has 14 nitrogen and oxygen atoms in total. The summed E-state index contributed by atoms with van der Waals surface area (Å²) in [5.74, 6) is -0.261. The first-order valence-electron chi connectivity index (χ1n) is 22.5. The van der Waals surface area contributed by atoms with Gasteiger partial charge in [0.1, 0.15) is 48.8 Å². The van der Waals surface area contributed by atoms with Crippen molar-refractivity contribution in [1.82, 2.24) is 5.32 Å². The van der Waals surface area contributed by atoms with Gasteiger partial charge in [-0.2, -0.15) is 0 Å². The fraction of sp³-hybridized carbons (Fsp3) is 0.761. The summed E-state index contributed by atoms with van der Waals surface area (Å²) in [7, 11) is 0. The highest BCUT2D eigenvalue weighted by Gasteiger charge is 2.50. The van der Waals surface area contributed by atoms with Crippen molar-refractivity contribution in [3.05, 3.63) is 60.8 Å². The van der Waals surface area contributed by atoms with Crippen LogP contribution in [0.5, 0.6) is 0 Å². The molecule has 2 fully saturated rings. The van der Waals surface area contributed by atoms with E-state index in [0.717, 1.165) is 64.2 Å². The molecule has 2 saturated heterocycles. The molecule has 0 aromatic heterocycles. The summed E-state index contributed by atoms with van der Waals surface area (Å²) in [5, 5.41) is 85.7. The second-order valence-corrected chi connectivity index (χ2v) is 15.8. The first kappa shape index (κ1) is 53.8. The van der Waals surface area contributed by atoms with Crippen LogP contribution in [-0.4, -0.2) is 140 Å². The highest BCUT2D eigenvalue weighted by atomic mass is 16.7. The van der Waals surface area contributed by atoms with Gasteiger partial charge in [0.25, 0.3) is 0 Å². The lowest BCUT2D eigenvalue weighted by Gasteiger charge is -2.46. The number of allylic oxidation sites excluding steroid dienone is 9. The predicted octanol–water partition coefficient (Wildman–Crippen LogP) is 4.32. The molecule has 0 saturated carbocycles. The Morgan fingerprint density at radius 1 is 0.617 bits per heavy atom. The maximum atomic E-state index is 13.0. The first-order valence-corrected chi connectivity index (χ1v) is 22.5. The number of unbranched alkanes of at least 4 members (excludes halogenated alkanes) is 11. The van der Waals surface area contributed by atoms with Crippen molar-refractivity contribution >= 4 is 5.91 Å². The van der Waals surface area contributed by atoms with E-state index in [2.05, 4.69) is 60.8 Å². The molecule has 2 aliphatic rings. The maximum absolute atomic E-state index is 13.0. The van der Waals surface area contributed by atoms with Crippen molar-refractivity contribution in [2.45, 2.75) is 203 Å². The molecule has 0 spiro atoms. The lowest BCUT2D eigenvalue weighted by molar-refractivity contribution is -0.359. The Balaban J connectivity index is 1.67. The van der Waals surface area contributed by atoms with Crippen molar-refractivity contribution in [2.24, 2.45) is 0 Å². The summed E-state index contributed by atoms with van der Waals surface area (Å²) in [5.41, 5.74) is 0. The smallest absolute Gasteiger partial charge is 0.220 e. The molecule has 2 rings (SSSR count). The fourth-order valence-electron chi connectivity index (χ4n) is 6.99. The Kier molecular flexibility index (Phi) is 29.9. The average molecular weight is 854 g/mol. The van der Waals surface area contributed by atoms with E-state index in [4.69, 9.17) is 18.9 Å². The summed E-state index contributed by atoms with van der Waals surface area (Å²) in [6.07, 6.45) is 22.4. The summed E-state index contributed by atoms with van der Waals surface area (Å²) in [6, 6.07) is -0.914. The standard InChI is InChI=1S/C46H79NO13/c1-3-5-7-8-9-10-11-12-13-14-15-16-17-18-19-20-21-22-23-24-25-26-28-30-38(51)47-34(35(50)29-27-6-4-2)33-57-45-43(56)41(54)44(37(32-49)59-45)60-46-42(55)40(53)39(52)36(31-48)58-46/h5,7,9-10,12-13,15-16,27,29,34-37,39-46,48-50,52-56H,3-4,6,8,11,14,17-26,28,30-33H2,1-2H3,(H,47,51)/b7-5-,10-9-,13-12-,16-15-,29-27+. The van der Waals surface area contributed by atoms with E-state index in [1.54, 1.807) is 12.2 Å². The number of hydrogen-bond donors (Lipinski definition) is 9. The normalized spacial score (nSPS) is 28.8. The second-order valence-electron chi connectivity index (χ2n) is 15.8. The van der Waals surface area contributed by atoms with Crippen molar-refractivity contribution < 1.29 is 64.6 Å². The summed E-state index contributed by atoms with van der Waals surface area (Å²) < 4.78 is 22.4. The minimum Gasteiger partial charge on any atom is -0.394 e. The van der Waals surface area contributed by atoms with Crippen molar-refractivity contribution in [2.75, 3.05) is 19.8 Å². The van der Waals surface area contributed by atoms with Crippen LogP contribution < -0.4 is 5.32 Å². The van der Waals surface area contributed by atoms with E-state index in [9.17, 15) is 45.6 Å². The van der Waals surface area contributed by atoms with Crippen LogP contribution >= 0.6 is 0 Å². The largest absolute Gasteiger partial charge is 0.394 e. The van der Waals surface area contributed by atoms with E-state index >= 15 is 0 Å². The number of carbonyl (C=O) groups is 1. The molecule has 2 aliphatic heterocycles. The van der Waals surface area contributed by atoms with E-state index in [-0.39, 0.29) is 18.9 Å². The molecular weight excluding hydrogens is 775 g/mol. The Morgan fingerprint density at radius 3 is 1.73 bits per heavy atom. The quantitative estimate of drug-likeness (QED) is 0.0340. The molecule has 2 heterocycles. The average Bonchev–Trinajstić information content (AvgIpc) is 3.24. The van der Waals surface area contributed by atoms with Crippen LogP contribution in [0.4, 0.5) is 0 Å². The Hall–Kier alpha value is -2.31. The molecule has 0 radical (unpaired) electrons. The van der Waals surface area contributed by atoms with Crippen LogP contribution in [0.2, 0.25) is 0 Å². The number of carbonyl (C=O) groups excluding carboxylic acids is 1. The van der Waals surface area contributed by atoms with Crippen LogP contribution in [0, 0.1) is 0 Å². The maximum Gasteiger partial charge on any atom is 0.220 e. The molecule has 9 N–H and O–H groups in total. The first-order chi connectivity index (χ1) is 29.1. The Labute approximate surface area is 358 Å². The minimum atomic E-state index is -1.79. The zero-order valence-corrected chi connectivity index (χ0v) is 36.2. The summed E-state index contributed by atoms with van der Waals surface area (Å²) >= 11 is 0. The van der Waals surface area contributed by atoms with Crippen molar-refractivity contribution in [3.63, 3.8) is 0 Å². The van der Waals surface area contributed by atoms with E-state index < -0.39 is 86.8 Å². The molecule has 0 aliphatic carbocycles. The second kappa shape index (κ2) is 33.3. The lowest BCUT2D eigenvalue weighted by Crippen LogP contribution is -2.65. The molecule has 0 bridgehead atoms. The number of amides is 1. The third-order valence-electron chi connectivity index (χ3n) is 10.7. The van der Waals surface area contributed by atoms with Gasteiger partial charge in [0, 0.05) is 6.42 Å². The lowest BCUT2D eigenvalue weighted by atomic mass is 9.97. The molecular formula is C46H79NO13. The number of ether oxygens (including phenoxy) is 4. The zero-order chi connectivity index (χ0) is 44.0. The van der Waals surface area contributed by atoms with E-state index in [1.807, 2.05) is 6.92 Å². The molecule has 0 aromatic carbocycles. The van der Waals surface area contributed by atoms with Gasteiger partial charge in [0.15, 0.2) is 12.6 Å². The molecule has 12 unspecified atom stereocenters. The molecule has 14 heteroatoms. The highest BCUT2D eigenvalue weighted by Crippen LogP contribution is 2.30. The van der Waals surface area contributed by atoms with Gasteiger partial charge in [0.2, 0.25) is 5.91 Å². The molecule has 0 aromatic rings. The van der Waals surface area contributed by atoms with Crippen molar-refractivity contribution in [1.29, 1.82) is 0 Å². The van der Waals surface area contributed by atoms with E-state index in [1.165, 1.54) is 38.5 Å². The van der Waals surface area contributed by atoms with Gasteiger partial charge in [0.05, 0.1) is 32.0 Å². The summed E-state index contributed by atoms with van der Waals surface area (Å²) in [4.78, 5) is 13.0. The Morgan fingerprint density at radius 2 is 1.15 bits per heavy atom. The number of aliphatic hydroxyl groups excluding tert-OH is 8. The zero-order valence-electron chi connectivity index (χ0n) is 36.2. The number of aliphatic hydroxyl groups is 8. The van der Waals surface area contributed by atoms with Gasteiger partial charge < -0.3 is 65.1 Å². The third-order valence-corrected chi connectivity index (χ3v) is 10.7. The van der Waals surface area contributed by atoms with Crippen LogP contribution in [0.25, 0.3) is 0 Å². The Bertz CT molecular complexity index is 1240. The third kappa shape index (κ3) is 21.2. The van der Waals surface area contributed by atoms with Gasteiger partial charge in [-0.1, -0.05) is 132 Å². The van der Waals surface area contributed by atoms with Gasteiger partial charge in [-0.05, 0) is 51.4 Å². The molecule has 60 heavy (non-hydrogen) atoms. The topological polar surface area (TPSA) is 228 Å². The van der Waals surface area contributed by atoms with Gasteiger partial charge in [-0.25, -0.2) is 0 Å². The van der Waals surface area contributed by atoms with Gasteiger partial charge in [-0.3, -0.25) is 4.79 Å². The van der Waals surface area contributed by atoms with Gasteiger partial charge in [-0.15, -0.1) is 0 Å². The van der Waals surface area contributed by atoms with Gasteiger partial charge >= 0.3 is 0 Å². The van der Waals surface area contributed by atoms with Crippen LogP contribution in [-0.2, 0) is 23.7 Å². The monoisotopic (exact) mass is 854 g/mol. The number of hydrogen-bond acceptors (Lipinski definition) is 13. The fourth-order valence-corrected chi connectivity index (χ4v) is 6.99. The van der Waals surface area contributed by atoms with Crippen LogP contribution in [0.3, 0.4) is 0 Å². The summed E-state index contributed by atoms with van der Waals surface area (Å²) in [6.45, 7) is 2.41. The SMILES string of the molecule is CC/C=C\C/C=C\C/C=C\C/C=C\CCCCCCCCCCCCC(=O)NC(COC1OC(CO)C(OC2OC(CO)C(O)C(O)C2O)C(O)C1O)C(O)/C=C/CCC. The number of nitrogens with one attached hydrogen (secondary N) is 1. The molecule has 1 amide bonds. The molecule has 12 atom stereocenters. The van der Waals surface area contributed by atoms with Crippen molar-refractivity contribution in [3.8, 4) is 0 Å². The van der Waals surface area contributed by atoms with Crippen LogP contribution in [0.1, 0.15) is 129 Å².